The molecule has 0 spiro atoms. The van der Waals surface area contributed by atoms with E-state index in [9.17, 15) is 4.79 Å². The Morgan fingerprint density at radius 2 is 2.05 bits per heavy atom. The summed E-state index contributed by atoms with van der Waals surface area (Å²) in [5, 5.41) is 0.503. The molecular formula is C16H21N3O3. The molecule has 1 aromatic heterocycles. The van der Waals surface area contributed by atoms with Gasteiger partial charge in [0, 0.05) is 12.6 Å². The van der Waals surface area contributed by atoms with Gasteiger partial charge in [-0.25, -0.2) is 4.98 Å². The molecule has 1 N–H and O–H groups in total. The molecule has 118 valence electrons. The number of nitrogens with one attached hydrogen (secondary N) is 1. The van der Waals surface area contributed by atoms with Crippen molar-refractivity contribution in [2.75, 3.05) is 33.4 Å². The molecule has 2 aromatic rings. The van der Waals surface area contributed by atoms with Crippen molar-refractivity contribution in [2.24, 2.45) is 0 Å². The van der Waals surface area contributed by atoms with Gasteiger partial charge >= 0.3 is 0 Å². The molecule has 2 heterocycles. The molecule has 0 atom stereocenters. The number of hydrogen-bond donors (Lipinski definition) is 1. The summed E-state index contributed by atoms with van der Waals surface area (Å²) in [4.78, 5) is 20.9. The van der Waals surface area contributed by atoms with E-state index in [0.29, 0.717) is 29.0 Å². The maximum Gasteiger partial charge on any atom is 0.258 e. The number of aromatic nitrogens is 2. The number of aromatic amines is 1. The highest BCUT2D eigenvalue weighted by atomic mass is 16.5. The zero-order valence-corrected chi connectivity index (χ0v) is 12.8. The lowest BCUT2D eigenvalue weighted by Gasteiger charge is -2.26. The van der Waals surface area contributed by atoms with Crippen LogP contribution in [0.3, 0.4) is 0 Å². The summed E-state index contributed by atoms with van der Waals surface area (Å²) < 4.78 is 11.2. The highest BCUT2D eigenvalue weighted by molar-refractivity contribution is 5.81. The quantitative estimate of drug-likeness (QED) is 0.912. The molecule has 1 aromatic carbocycles. The zero-order valence-electron chi connectivity index (χ0n) is 12.8. The van der Waals surface area contributed by atoms with Crippen LogP contribution in [0.1, 0.15) is 19.3 Å². The van der Waals surface area contributed by atoms with E-state index in [4.69, 9.17) is 9.47 Å². The molecule has 6 heteroatoms. The highest BCUT2D eigenvalue weighted by Crippen LogP contribution is 2.30. The summed E-state index contributed by atoms with van der Waals surface area (Å²) >= 11 is 0. The van der Waals surface area contributed by atoms with Crippen LogP contribution in [-0.2, 0) is 0 Å². The van der Waals surface area contributed by atoms with Gasteiger partial charge in [-0.15, -0.1) is 0 Å². The Labute approximate surface area is 129 Å². The molecule has 0 radical (unpaired) electrons. The van der Waals surface area contributed by atoms with Crippen LogP contribution in [0.25, 0.3) is 10.9 Å². The smallest absolute Gasteiger partial charge is 0.258 e. The minimum atomic E-state index is -0.178. The van der Waals surface area contributed by atoms with Crippen LogP contribution in [0.15, 0.2) is 23.3 Å². The number of rotatable bonds is 5. The van der Waals surface area contributed by atoms with E-state index < -0.39 is 0 Å². The Kier molecular flexibility index (Phi) is 4.58. The second kappa shape index (κ2) is 6.79. The van der Waals surface area contributed by atoms with Gasteiger partial charge in [-0.05, 0) is 32.0 Å². The van der Waals surface area contributed by atoms with Gasteiger partial charge in [-0.2, -0.15) is 0 Å². The molecule has 22 heavy (non-hydrogen) atoms. The lowest BCUT2D eigenvalue weighted by molar-refractivity contribution is 0.181. The van der Waals surface area contributed by atoms with E-state index in [2.05, 4.69) is 14.9 Å². The van der Waals surface area contributed by atoms with Crippen LogP contribution < -0.4 is 15.0 Å². The lowest BCUT2D eigenvalue weighted by Crippen LogP contribution is -2.33. The monoisotopic (exact) mass is 303 g/mol. The Hall–Kier alpha value is -2.08. The fourth-order valence-electron chi connectivity index (χ4n) is 2.82. The maximum absolute atomic E-state index is 11.8. The van der Waals surface area contributed by atoms with Crippen molar-refractivity contribution in [3.05, 3.63) is 28.8 Å². The van der Waals surface area contributed by atoms with Crippen molar-refractivity contribution in [1.82, 2.24) is 14.9 Å². The van der Waals surface area contributed by atoms with E-state index in [1.54, 1.807) is 19.2 Å². The average Bonchev–Trinajstić information content (AvgIpc) is 2.55. The normalized spacial score (nSPS) is 15.9. The van der Waals surface area contributed by atoms with E-state index in [1.165, 1.54) is 25.6 Å². The fourth-order valence-corrected chi connectivity index (χ4v) is 2.82. The number of likely N-dealkylation sites (tertiary alicyclic amines) is 1. The summed E-state index contributed by atoms with van der Waals surface area (Å²) in [6.07, 6.45) is 5.27. The number of piperidine rings is 1. The van der Waals surface area contributed by atoms with Crippen molar-refractivity contribution in [2.45, 2.75) is 19.3 Å². The number of methoxy groups -OCH3 is 1. The number of ether oxygens (including phenoxy) is 2. The summed E-state index contributed by atoms with van der Waals surface area (Å²) in [6.45, 7) is 3.80. The van der Waals surface area contributed by atoms with Crippen LogP contribution in [0.2, 0.25) is 0 Å². The third kappa shape index (κ3) is 3.22. The summed E-state index contributed by atoms with van der Waals surface area (Å²) in [5.74, 6) is 1.19. The zero-order chi connectivity index (χ0) is 15.4. The van der Waals surface area contributed by atoms with Gasteiger partial charge in [0.15, 0.2) is 11.5 Å². The molecule has 1 saturated heterocycles. The molecular weight excluding hydrogens is 282 g/mol. The van der Waals surface area contributed by atoms with E-state index in [1.807, 2.05) is 0 Å². The van der Waals surface area contributed by atoms with Gasteiger partial charge in [0.1, 0.15) is 6.61 Å². The van der Waals surface area contributed by atoms with Crippen molar-refractivity contribution >= 4 is 10.9 Å². The fraction of sp³-hybridized carbons (Fsp3) is 0.500. The number of benzene rings is 1. The van der Waals surface area contributed by atoms with E-state index in [0.717, 1.165) is 19.6 Å². The Morgan fingerprint density at radius 1 is 1.23 bits per heavy atom. The first-order valence-electron chi connectivity index (χ1n) is 7.68. The highest BCUT2D eigenvalue weighted by Gasteiger charge is 2.12. The van der Waals surface area contributed by atoms with E-state index >= 15 is 0 Å². The first kappa shape index (κ1) is 14.8. The van der Waals surface area contributed by atoms with Crippen LogP contribution in [0.5, 0.6) is 11.5 Å². The molecule has 1 aliphatic rings. The van der Waals surface area contributed by atoms with Gasteiger partial charge in [0.25, 0.3) is 5.56 Å². The van der Waals surface area contributed by atoms with Crippen molar-refractivity contribution in [3.8, 4) is 11.5 Å². The molecule has 1 aliphatic heterocycles. The minimum absolute atomic E-state index is 0.178. The average molecular weight is 303 g/mol. The first-order chi connectivity index (χ1) is 10.8. The van der Waals surface area contributed by atoms with Gasteiger partial charge in [0.2, 0.25) is 0 Å². The Bertz CT molecular complexity index is 693. The molecule has 0 saturated carbocycles. The largest absolute Gasteiger partial charge is 0.493 e. The van der Waals surface area contributed by atoms with Crippen LogP contribution in [-0.4, -0.2) is 48.2 Å². The van der Waals surface area contributed by atoms with Gasteiger partial charge < -0.3 is 14.5 Å². The summed E-state index contributed by atoms with van der Waals surface area (Å²) in [5.41, 5.74) is 0.431. The number of fused-ring (bicyclic) bond motifs is 1. The molecule has 3 rings (SSSR count). The summed E-state index contributed by atoms with van der Waals surface area (Å²) in [6, 6.07) is 3.44. The van der Waals surface area contributed by atoms with Crippen molar-refractivity contribution in [1.29, 1.82) is 0 Å². The van der Waals surface area contributed by atoms with E-state index in [-0.39, 0.29) is 5.56 Å². The SMILES string of the molecule is COc1cc2c(=O)[nH]cnc2cc1OCCN1CCCCC1. The molecule has 0 amide bonds. The second-order valence-electron chi connectivity index (χ2n) is 5.50. The summed E-state index contributed by atoms with van der Waals surface area (Å²) in [7, 11) is 1.57. The minimum Gasteiger partial charge on any atom is -0.493 e. The predicted octanol–water partition coefficient (Wildman–Crippen LogP) is 1.80. The first-order valence-corrected chi connectivity index (χ1v) is 7.68. The van der Waals surface area contributed by atoms with Crippen LogP contribution in [0, 0.1) is 0 Å². The molecule has 1 fully saturated rings. The lowest BCUT2D eigenvalue weighted by atomic mass is 10.1. The van der Waals surface area contributed by atoms with Crippen LogP contribution >= 0.6 is 0 Å². The van der Waals surface area contributed by atoms with Crippen molar-refractivity contribution < 1.29 is 9.47 Å². The Morgan fingerprint density at radius 3 is 2.82 bits per heavy atom. The standard InChI is InChI=1S/C16H21N3O3/c1-21-14-9-12-13(17-11-18-16(12)20)10-15(14)22-8-7-19-5-3-2-4-6-19/h9-11H,2-8H2,1H3,(H,17,18,20). The second-order valence-corrected chi connectivity index (χ2v) is 5.50. The van der Waals surface area contributed by atoms with Gasteiger partial charge in [0.05, 0.1) is 24.3 Å². The maximum atomic E-state index is 11.8. The predicted molar refractivity (Wildman–Crippen MR) is 84.7 cm³/mol. The third-order valence-corrected chi connectivity index (χ3v) is 4.04. The molecule has 0 unspecified atom stereocenters. The van der Waals surface area contributed by atoms with Crippen molar-refractivity contribution in [3.63, 3.8) is 0 Å². The topological polar surface area (TPSA) is 67.5 Å². The molecule has 0 bridgehead atoms. The number of H-pyrrole nitrogens is 1. The number of hydrogen-bond acceptors (Lipinski definition) is 5. The third-order valence-electron chi connectivity index (χ3n) is 4.04. The van der Waals surface area contributed by atoms with Gasteiger partial charge in [-0.3, -0.25) is 9.69 Å². The Balaban J connectivity index is 1.73. The van der Waals surface area contributed by atoms with Crippen LogP contribution in [0.4, 0.5) is 0 Å². The number of nitrogens with zero attached hydrogens (tertiary/aromatic N) is 2. The van der Waals surface area contributed by atoms with Gasteiger partial charge in [-0.1, -0.05) is 6.42 Å². The molecule has 6 nitrogen and oxygen atoms in total. The molecule has 0 aliphatic carbocycles.